The highest BCUT2D eigenvalue weighted by atomic mass is 16.4. The van der Waals surface area contributed by atoms with Crippen LogP contribution in [0.25, 0.3) is 0 Å². The Balaban J connectivity index is 1.80. The third-order valence-corrected chi connectivity index (χ3v) is 3.56. The predicted octanol–water partition coefficient (Wildman–Crippen LogP) is 2.66. The standard InChI is InChI=1S/C15H15N3O2/c19-15(20)13-8-17-14(9-16-13)18-12-7-3-5-10-4-1-2-6-11(10)12/h1-2,4,6,8-9,12H,3,5,7H2,(H,17,18)(H,19,20)/t12-/m1/s1. The van der Waals surface area contributed by atoms with Crippen LogP contribution in [0, 0.1) is 0 Å². The summed E-state index contributed by atoms with van der Waals surface area (Å²) in [7, 11) is 0. The molecule has 1 aromatic heterocycles. The van der Waals surface area contributed by atoms with E-state index < -0.39 is 5.97 Å². The minimum atomic E-state index is -1.06. The van der Waals surface area contributed by atoms with Gasteiger partial charge in [-0.1, -0.05) is 24.3 Å². The fraction of sp³-hybridized carbons (Fsp3) is 0.267. The van der Waals surface area contributed by atoms with Crippen molar-refractivity contribution in [2.24, 2.45) is 0 Å². The summed E-state index contributed by atoms with van der Waals surface area (Å²) in [4.78, 5) is 18.7. The molecule has 3 rings (SSSR count). The molecule has 1 aromatic carbocycles. The van der Waals surface area contributed by atoms with Crippen molar-refractivity contribution in [1.82, 2.24) is 9.97 Å². The molecule has 0 unspecified atom stereocenters. The van der Waals surface area contributed by atoms with Gasteiger partial charge in [0.05, 0.1) is 18.4 Å². The van der Waals surface area contributed by atoms with Crippen LogP contribution in [0.4, 0.5) is 5.82 Å². The fourth-order valence-electron chi connectivity index (χ4n) is 2.60. The van der Waals surface area contributed by atoms with Gasteiger partial charge in [-0.2, -0.15) is 0 Å². The van der Waals surface area contributed by atoms with Crippen LogP contribution >= 0.6 is 0 Å². The molecule has 0 saturated carbocycles. The molecule has 5 nitrogen and oxygen atoms in total. The summed E-state index contributed by atoms with van der Waals surface area (Å²) in [5.41, 5.74) is 2.62. The van der Waals surface area contributed by atoms with E-state index in [1.54, 1.807) is 0 Å². The summed E-state index contributed by atoms with van der Waals surface area (Å²) in [6.45, 7) is 0. The fourth-order valence-corrected chi connectivity index (χ4v) is 2.60. The Morgan fingerprint density at radius 1 is 1.25 bits per heavy atom. The van der Waals surface area contributed by atoms with Crippen molar-refractivity contribution < 1.29 is 9.90 Å². The quantitative estimate of drug-likeness (QED) is 0.896. The van der Waals surface area contributed by atoms with E-state index in [-0.39, 0.29) is 11.7 Å². The van der Waals surface area contributed by atoms with Crippen LogP contribution in [0.15, 0.2) is 36.7 Å². The molecule has 1 atom stereocenters. The van der Waals surface area contributed by atoms with Crippen LogP contribution in [-0.4, -0.2) is 21.0 Å². The van der Waals surface area contributed by atoms with Crippen LogP contribution in [0.3, 0.4) is 0 Å². The number of aryl methyl sites for hydroxylation is 1. The lowest BCUT2D eigenvalue weighted by Crippen LogP contribution is -2.18. The second kappa shape index (κ2) is 5.28. The summed E-state index contributed by atoms with van der Waals surface area (Å²) >= 11 is 0. The number of carbonyl (C=O) groups is 1. The van der Waals surface area contributed by atoms with Gasteiger partial charge in [-0.25, -0.2) is 14.8 Å². The van der Waals surface area contributed by atoms with Gasteiger partial charge in [-0.05, 0) is 30.4 Å². The predicted molar refractivity (Wildman–Crippen MR) is 74.7 cm³/mol. The molecule has 0 bridgehead atoms. The van der Waals surface area contributed by atoms with E-state index in [2.05, 4.69) is 33.5 Å². The normalized spacial score (nSPS) is 17.3. The number of anilines is 1. The third kappa shape index (κ3) is 2.47. The summed E-state index contributed by atoms with van der Waals surface area (Å²) in [6.07, 6.45) is 6.03. The first-order valence-electron chi connectivity index (χ1n) is 6.64. The van der Waals surface area contributed by atoms with Gasteiger partial charge in [0.1, 0.15) is 5.82 Å². The number of aromatic nitrogens is 2. The van der Waals surface area contributed by atoms with Crippen molar-refractivity contribution in [1.29, 1.82) is 0 Å². The number of rotatable bonds is 3. The maximum atomic E-state index is 10.7. The van der Waals surface area contributed by atoms with Crippen molar-refractivity contribution in [2.45, 2.75) is 25.3 Å². The number of nitrogens with one attached hydrogen (secondary N) is 1. The molecule has 5 heteroatoms. The van der Waals surface area contributed by atoms with E-state index >= 15 is 0 Å². The smallest absolute Gasteiger partial charge is 0.356 e. The second-order valence-electron chi connectivity index (χ2n) is 4.88. The molecule has 0 amide bonds. The molecule has 1 heterocycles. The van der Waals surface area contributed by atoms with E-state index in [0.717, 1.165) is 19.3 Å². The zero-order valence-electron chi connectivity index (χ0n) is 10.9. The van der Waals surface area contributed by atoms with Crippen molar-refractivity contribution in [3.8, 4) is 0 Å². The number of benzene rings is 1. The first-order valence-corrected chi connectivity index (χ1v) is 6.64. The molecule has 2 aromatic rings. The Labute approximate surface area is 116 Å². The van der Waals surface area contributed by atoms with Gasteiger partial charge in [-0.3, -0.25) is 0 Å². The van der Waals surface area contributed by atoms with E-state index in [0.29, 0.717) is 5.82 Å². The van der Waals surface area contributed by atoms with Crippen molar-refractivity contribution in [3.05, 3.63) is 53.5 Å². The molecule has 20 heavy (non-hydrogen) atoms. The zero-order chi connectivity index (χ0) is 13.9. The number of nitrogens with zero attached hydrogens (tertiary/aromatic N) is 2. The van der Waals surface area contributed by atoms with Crippen molar-refractivity contribution in [2.75, 3.05) is 5.32 Å². The molecule has 102 valence electrons. The number of hydrogen-bond acceptors (Lipinski definition) is 4. The molecule has 0 saturated heterocycles. The maximum Gasteiger partial charge on any atom is 0.356 e. The molecule has 0 aliphatic heterocycles. The molecule has 0 spiro atoms. The number of carboxylic acid groups (broad SMARTS) is 1. The molecule has 0 radical (unpaired) electrons. The highest BCUT2D eigenvalue weighted by molar-refractivity contribution is 5.84. The van der Waals surface area contributed by atoms with Gasteiger partial charge >= 0.3 is 5.97 Å². The zero-order valence-corrected chi connectivity index (χ0v) is 10.9. The van der Waals surface area contributed by atoms with Gasteiger partial charge in [0.25, 0.3) is 0 Å². The van der Waals surface area contributed by atoms with Gasteiger partial charge in [0.15, 0.2) is 5.69 Å². The van der Waals surface area contributed by atoms with Gasteiger partial charge < -0.3 is 10.4 Å². The van der Waals surface area contributed by atoms with Crippen molar-refractivity contribution >= 4 is 11.8 Å². The average molecular weight is 269 g/mol. The van der Waals surface area contributed by atoms with E-state index in [9.17, 15) is 4.79 Å². The summed E-state index contributed by atoms with van der Waals surface area (Å²) in [5, 5.41) is 12.1. The molecule has 0 fully saturated rings. The van der Waals surface area contributed by atoms with Crippen LogP contribution in [0.5, 0.6) is 0 Å². The van der Waals surface area contributed by atoms with Crippen LogP contribution < -0.4 is 5.32 Å². The molecule has 1 aliphatic carbocycles. The SMILES string of the molecule is O=C(O)c1cnc(N[C@@H]2CCCc3ccccc32)cn1. The Morgan fingerprint density at radius 3 is 2.85 bits per heavy atom. The lowest BCUT2D eigenvalue weighted by Gasteiger charge is -2.26. The lowest BCUT2D eigenvalue weighted by atomic mass is 9.88. The van der Waals surface area contributed by atoms with Gasteiger partial charge in [0.2, 0.25) is 0 Å². The van der Waals surface area contributed by atoms with Gasteiger partial charge in [-0.15, -0.1) is 0 Å². The Morgan fingerprint density at radius 2 is 2.10 bits per heavy atom. The third-order valence-electron chi connectivity index (χ3n) is 3.56. The summed E-state index contributed by atoms with van der Waals surface area (Å²) in [5.74, 6) is -0.455. The van der Waals surface area contributed by atoms with Crippen LogP contribution in [0.1, 0.15) is 40.5 Å². The van der Waals surface area contributed by atoms with Crippen LogP contribution in [0.2, 0.25) is 0 Å². The first kappa shape index (κ1) is 12.6. The molecular weight excluding hydrogens is 254 g/mol. The summed E-state index contributed by atoms with van der Waals surface area (Å²) < 4.78 is 0. The first-order chi connectivity index (χ1) is 9.74. The van der Waals surface area contributed by atoms with Gasteiger partial charge in [0, 0.05) is 0 Å². The van der Waals surface area contributed by atoms with Crippen molar-refractivity contribution in [3.63, 3.8) is 0 Å². The summed E-state index contributed by atoms with van der Waals surface area (Å²) in [6, 6.07) is 8.60. The highest BCUT2D eigenvalue weighted by Gasteiger charge is 2.19. The second-order valence-corrected chi connectivity index (χ2v) is 4.88. The highest BCUT2D eigenvalue weighted by Crippen LogP contribution is 2.31. The average Bonchev–Trinajstić information content (AvgIpc) is 2.48. The topological polar surface area (TPSA) is 75.1 Å². The lowest BCUT2D eigenvalue weighted by molar-refractivity contribution is 0.0690. The van der Waals surface area contributed by atoms with E-state index in [1.807, 2.05) is 6.07 Å². The van der Waals surface area contributed by atoms with Crippen LogP contribution in [-0.2, 0) is 6.42 Å². The minimum Gasteiger partial charge on any atom is -0.476 e. The number of aromatic carboxylic acids is 1. The monoisotopic (exact) mass is 269 g/mol. The Hall–Kier alpha value is -2.43. The molecule has 1 aliphatic rings. The number of carboxylic acids is 1. The Bertz CT molecular complexity index is 625. The molecular formula is C15H15N3O2. The van der Waals surface area contributed by atoms with E-state index in [4.69, 9.17) is 5.11 Å². The minimum absolute atomic E-state index is 0.0420. The maximum absolute atomic E-state index is 10.7. The molecule has 2 N–H and O–H groups in total. The number of hydrogen-bond donors (Lipinski definition) is 2. The van der Waals surface area contributed by atoms with E-state index in [1.165, 1.54) is 23.5 Å². The Kier molecular flexibility index (Phi) is 3.33. The number of fused-ring (bicyclic) bond motifs is 1. The largest absolute Gasteiger partial charge is 0.476 e.